The van der Waals surface area contributed by atoms with Gasteiger partial charge in [-0.2, -0.15) is 0 Å². The summed E-state index contributed by atoms with van der Waals surface area (Å²) >= 11 is 13.6. The molecular weight excluding hydrogens is 304 g/mol. The first-order valence-electron chi connectivity index (χ1n) is 5.82. The molecule has 5 heteroatoms. The van der Waals surface area contributed by atoms with Crippen LogP contribution in [0.25, 0.3) is 0 Å². The summed E-state index contributed by atoms with van der Waals surface area (Å²) in [5, 5.41) is 3.23. The Bertz CT molecular complexity index is 586. The predicted octanol–water partition coefficient (Wildman–Crippen LogP) is 5.12. The maximum Gasteiger partial charge on any atom is 0.123 e. The zero-order valence-electron chi connectivity index (χ0n) is 10.9. The number of nitrogens with one attached hydrogen (secondary N) is 1. The molecule has 0 spiro atoms. The van der Waals surface area contributed by atoms with Gasteiger partial charge in [-0.1, -0.05) is 23.2 Å². The molecule has 0 radical (unpaired) electrons. The number of thiophene rings is 1. The molecule has 1 unspecified atom stereocenters. The Kier molecular flexibility index (Phi) is 4.51. The van der Waals surface area contributed by atoms with Gasteiger partial charge < -0.3 is 5.32 Å². The van der Waals surface area contributed by atoms with Gasteiger partial charge in [0, 0.05) is 5.56 Å². The Morgan fingerprint density at radius 1 is 1.16 bits per heavy atom. The maximum atomic E-state index is 13.4. The molecule has 0 aliphatic carbocycles. The van der Waals surface area contributed by atoms with E-state index in [9.17, 15) is 4.39 Å². The summed E-state index contributed by atoms with van der Waals surface area (Å²) in [6, 6.07) is 4.85. The third-order valence-electron chi connectivity index (χ3n) is 3.13. The zero-order chi connectivity index (χ0) is 14.2. The summed E-state index contributed by atoms with van der Waals surface area (Å²) in [7, 11) is 1.86. The highest BCUT2D eigenvalue weighted by atomic mass is 35.5. The Morgan fingerprint density at radius 2 is 1.74 bits per heavy atom. The van der Waals surface area contributed by atoms with Crippen molar-refractivity contribution in [3.63, 3.8) is 0 Å². The lowest BCUT2D eigenvalue weighted by Gasteiger charge is -2.21. The first-order valence-corrected chi connectivity index (χ1v) is 7.40. The van der Waals surface area contributed by atoms with Crippen molar-refractivity contribution in [2.24, 2.45) is 0 Å². The average Bonchev–Trinajstić information content (AvgIpc) is 2.62. The Hall–Kier alpha value is -0.610. The lowest BCUT2D eigenvalue weighted by atomic mass is 9.92. The largest absolute Gasteiger partial charge is 0.309 e. The molecule has 1 atom stereocenters. The van der Waals surface area contributed by atoms with Crippen LogP contribution in [0.3, 0.4) is 0 Å². The average molecular weight is 318 g/mol. The molecule has 2 aromatic rings. The SMILES string of the molecule is CNC(c1cc(Cl)sc1Cl)c1c(C)cc(F)cc1C. The van der Waals surface area contributed by atoms with E-state index in [4.69, 9.17) is 23.2 Å². The summed E-state index contributed by atoms with van der Waals surface area (Å²) < 4.78 is 14.7. The van der Waals surface area contributed by atoms with Crippen molar-refractivity contribution >= 4 is 34.5 Å². The number of hydrogen-bond donors (Lipinski definition) is 1. The molecule has 2 rings (SSSR count). The Labute approximate surface area is 126 Å². The number of rotatable bonds is 3. The lowest BCUT2D eigenvalue weighted by Crippen LogP contribution is -2.19. The minimum Gasteiger partial charge on any atom is -0.309 e. The molecule has 0 aliphatic heterocycles. The molecule has 1 heterocycles. The zero-order valence-corrected chi connectivity index (χ0v) is 13.2. The molecule has 1 aromatic carbocycles. The van der Waals surface area contributed by atoms with Gasteiger partial charge in [-0.25, -0.2) is 4.39 Å². The fourth-order valence-electron chi connectivity index (χ4n) is 2.38. The van der Waals surface area contributed by atoms with E-state index >= 15 is 0 Å². The standard InChI is InChI=1S/C14H14Cl2FNS/c1-7-4-9(17)5-8(2)12(7)13(18-3)10-6-11(15)19-14(10)16/h4-6,13,18H,1-3H3. The first-order chi connectivity index (χ1) is 8.93. The van der Waals surface area contributed by atoms with Crippen molar-refractivity contribution in [2.75, 3.05) is 7.05 Å². The molecule has 0 aliphatic rings. The van der Waals surface area contributed by atoms with E-state index in [0.717, 1.165) is 22.3 Å². The molecule has 0 bridgehead atoms. The first kappa shape index (κ1) is 14.8. The molecule has 0 saturated carbocycles. The van der Waals surface area contributed by atoms with E-state index in [-0.39, 0.29) is 11.9 Å². The van der Waals surface area contributed by atoms with Gasteiger partial charge in [0.1, 0.15) is 5.82 Å². The van der Waals surface area contributed by atoms with Crippen LogP contribution in [0.15, 0.2) is 18.2 Å². The highest BCUT2D eigenvalue weighted by molar-refractivity contribution is 7.20. The van der Waals surface area contributed by atoms with Crippen molar-refractivity contribution in [1.82, 2.24) is 5.32 Å². The van der Waals surface area contributed by atoms with E-state index in [1.54, 1.807) is 0 Å². The molecule has 0 saturated heterocycles. The van der Waals surface area contributed by atoms with Crippen molar-refractivity contribution in [3.8, 4) is 0 Å². The van der Waals surface area contributed by atoms with Crippen LogP contribution in [0.2, 0.25) is 8.67 Å². The smallest absolute Gasteiger partial charge is 0.123 e. The molecule has 1 aromatic heterocycles. The maximum absolute atomic E-state index is 13.4. The van der Waals surface area contributed by atoms with Gasteiger partial charge in [0.05, 0.1) is 14.7 Å². The molecule has 102 valence electrons. The minimum atomic E-state index is -0.219. The van der Waals surface area contributed by atoms with E-state index < -0.39 is 0 Å². The molecule has 1 N–H and O–H groups in total. The second-order valence-corrected chi connectivity index (χ2v) is 6.74. The second-order valence-electron chi connectivity index (χ2n) is 4.45. The van der Waals surface area contributed by atoms with Crippen LogP contribution >= 0.6 is 34.5 Å². The topological polar surface area (TPSA) is 12.0 Å². The van der Waals surface area contributed by atoms with Crippen LogP contribution in [0, 0.1) is 19.7 Å². The molecule has 0 fully saturated rings. The molecule has 1 nitrogen and oxygen atoms in total. The van der Waals surface area contributed by atoms with Crippen molar-refractivity contribution in [1.29, 1.82) is 0 Å². The Balaban J connectivity index is 2.57. The van der Waals surface area contributed by atoms with Crippen LogP contribution in [0.5, 0.6) is 0 Å². The van der Waals surface area contributed by atoms with Crippen LogP contribution < -0.4 is 5.32 Å². The molecule has 19 heavy (non-hydrogen) atoms. The van der Waals surface area contributed by atoms with Crippen LogP contribution in [0.1, 0.15) is 28.3 Å². The number of aryl methyl sites for hydroxylation is 2. The predicted molar refractivity (Wildman–Crippen MR) is 81.1 cm³/mol. The third-order valence-corrected chi connectivity index (χ3v) is 4.65. The number of halogens is 3. The van der Waals surface area contributed by atoms with Crippen molar-refractivity contribution < 1.29 is 4.39 Å². The second kappa shape index (κ2) is 5.80. The van der Waals surface area contributed by atoms with Crippen LogP contribution in [0.4, 0.5) is 4.39 Å². The van der Waals surface area contributed by atoms with Gasteiger partial charge >= 0.3 is 0 Å². The van der Waals surface area contributed by atoms with Gasteiger partial charge in [-0.15, -0.1) is 11.3 Å². The molecule has 0 amide bonds. The minimum absolute atomic E-state index is 0.0863. The van der Waals surface area contributed by atoms with Gasteiger partial charge in [0.2, 0.25) is 0 Å². The van der Waals surface area contributed by atoms with E-state index in [1.165, 1.54) is 23.5 Å². The highest BCUT2D eigenvalue weighted by Gasteiger charge is 2.21. The third kappa shape index (κ3) is 2.95. The quantitative estimate of drug-likeness (QED) is 0.828. The highest BCUT2D eigenvalue weighted by Crippen LogP contribution is 2.39. The van der Waals surface area contributed by atoms with E-state index in [1.807, 2.05) is 27.0 Å². The van der Waals surface area contributed by atoms with Crippen LogP contribution in [-0.2, 0) is 0 Å². The number of hydrogen-bond acceptors (Lipinski definition) is 2. The monoisotopic (exact) mass is 317 g/mol. The van der Waals surface area contributed by atoms with Gasteiger partial charge in [-0.05, 0) is 55.8 Å². The fraction of sp³-hybridized carbons (Fsp3) is 0.286. The summed E-state index contributed by atoms with van der Waals surface area (Å²) in [5.41, 5.74) is 3.77. The Morgan fingerprint density at radius 3 is 2.16 bits per heavy atom. The normalized spacial score (nSPS) is 12.7. The lowest BCUT2D eigenvalue weighted by molar-refractivity contribution is 0.618. The van der Waals surface area contributed by atoms with E-state index in [2.05, 4.69) is 5.32 Å². The van der Waals surface area contributed by atoms with Crippen LogP contribution in [-0.4, -0.2) is 7.05 Å². The fourth-order valence-corrected chi connectivity index (χ4v) is 3.91. The van der Waals surface area contributed by atoms with Gasteiger partial charge in [-0.3, -0.25) is 0 Å². The number of benzene rings is 1. The summed E-state index contributed by atoms with van der Waals surface area (Å²) in [6.45, 7) is 3.80. The van der Waals surface area contributed by atoms with Crippen molar-refractivity contribution in [3.05, 3.63) is 54.9 Å². The summed E-state index contributed by atoms with van der Waals surface area (Å²) in [5.74, 6) is -0.219. The molecular formula is C14H14Cl2FNS. The summed E-state index contributed by atoms with van der Waals surface area (Å²) in [6.07, 6.45) is 0. The van der Waals surface area contributed by atoms with Gasteiger partial charge in [0.25, 0.3) is 0 Å². The summed E-state index contributed by atoms with van der Waals surface area (Å²) in [4.78, 5) is 0. The van der Waals surface area contributed by atoms with Gasteiger partial charge in [0.15, 0.2) is 0 Å². The van der Waals surface area contributed by atoms with E-state index in [0.29, 0.717) is 8.67 Å². The van der Waals surface area contributed by atoms with Crippen molar-refractivity contribution in [2.45, 2.75) is 19.9 Å².